The topological polar surface area (TPSA) is 55.6 Å². The van der Waals surface area contributed by atoms with Crippen molar-refractivity contribution in [1.82, 2.24) is 5.01 Å². The number of hydrogen-bond acceptors (Lipinski definition) is 3. The summed E-state index contributed by atoms with van der Waals surface area (Å²) in [5.74, 6) is 5.09. The van der Waals surface area contributed by atoms with Crippen molar-refractivity contribution >= 4 is 5.91 Å². The molecule has 0 unspecified atom stereocenters. The normalized spacial score (nSPS) is 18.5. The largest absolute Gasteiger partial charge is 0.368 e. The van der Waals surface area contributed by atoms with E-state index in [1.54, 1.807) is 0 Å². The number of unbranched alkanes of at least 4 members (excludes halogenated alkanes) is 4. The Kier molecular flexibility index (Phi) is 10.2. The average Bonchev–Trinajstić information content (AvgIpc) is 2.83. The maximum atomic E-state index is 11.0. The SMILES string of the molecule is CCCCCCC.CN(N)C(=O)[C@H]1CCCO1. The molecule has 0 aromatic carbocycles. The average molecular weight is 244 g/mol. The van der Waals surface area contributed by atoms with Gasteiger partial charge >= 0.3 is 0 Å². The lowest BCUT2D eigenvalue weighted by atomic mass is 10.2. The van der Waals surface area contributed by atoms with Gasteiger partial charge in [-0.05, 0) is 12.8 Å². The fourth-order valence-electron chi connectivity index (χ4n) is 1.68. The van der Waals surface area contributed by atoms with Crippen LogP contribution in [0, 0.1) is 0 Å². The molecule has 0 aromatic heterocycles. The summed E-state index contributed by atoms with van der Waals surface area (Å²) in [5, 5.41) is 1.08. The molecule has 0 bridgehead atoms. The third kappa shape index (κ3) is 8.16. The van der Waals surface area contributed by atoms with Crippen LogP contribution in [0.1, 0.15) is 58.8 Å². The molecule has 102 valence electrons. The van der Waals surface area contributed by atoms with Crippen LogP contribution in [-0.4, -0.2) is 30.7 Å². The van der Waals surface area contributed by atoms with E-state index in [1.807, 2.05) is 0 Å². The van der Waals surface area contributed by atoms with Crippen molar-refractivity contribution in [3.05, 3.63) is 0 Å². The van der Waals surface area contributed by atoms with Crippen LogP contribution < -0.4 is 5.84 Å². The third-order valence-corrected chi connectivity index (χ3v) is 2.76. The second kappa shape index (κ2) is 10.5. The molecule has 0 radical (unpaired) electrons. The van der Waals surface area contributed by atoms with Gasteiger partial charge in [0.1, 0.15) is 6.10 Å². The molecule has 1 aliphatic heterocycles. The van der Waals surface area contributed by atoms with Crippen LogP contribution in [0.4, 0.5) is 0 Å². The first-order valence-electron chi connectivity index (χ1n) is 6.77. The number of carbonyl (C=O) groups excluding carboxylic acids is 1. The highest BCUT2D eigenvalue weighted by Crippen LogP contribution is 2.12. The van der Waals surface area contributed by atoms with Crippen LogP contribution >= 0.6 is 0 Å². The molecule has 0 aliphatic carbocycles. The van der Waals surface area contributed by atoms with Gasteiger partial charge in [-0.25, -0.2) is 5.84 Å². The number of ether oxygens (including phenoxy) is 1. The van der Waals surface area contributed by atoms with E-state index in [2.05, 4.69) is 13.8 Å². The van der Waals surface area contributed by atoms with Gasteiger partial charge in [0.05, 0.1) is 0 Å². The number of hydrogen-bond donors (Lipinski definition) is 1. The molecule has 2 N–H and O–H groups in total. The molecule has 0 aromatic rings. The number of nitrogens with zero attached hydrogens (tertiary/aromatic N) is 1. The molecule has 1 heterocycles. The molecular formula is C13H28N2O2. The van der Waals surface area contributed by atoms with Crippen molar-refractivity contribution < 1.29 is 9.53 Å². The van der Waals surface area contributed by atoms with E-state index in [9.17, 15) is 4.79 Å². The van der Waals surface area contributed by atoms with Gasteiger partial charge < -0.3 is 4.74 Å². The van der Waals surface area contributed by atoms with E-state index in [0.29, 0.717) is 6.61 Å². The molecule has 4 heteroatoms. The fraction of sp³-hybridized carbons (Fsp3) is 0.923. The molecule has 1 amide bonds. The van der Waals surface area contributed by atoms with Crippen molar-refractivity contribution in [2.24, 2.45) is 5.84 Å². The maximum Gasteiger partial charge on any atom is 0.265 e. The minimum absolute atomic E-state index is 0.127. The molecule has 4 nitrogen and oxygen atoms in total. The fourth-order valence-corrected chi connectivity index (χ4v) is 1.68. The molecule has 1 atom stereocenters. The van der Waals surface area contributed by atoms with Crippen LogP contribution in [0.15, 0.2) is 0 Å². The van der Waals surface area contributed by atoms with Crippen molar-refractivity contribution in [2.75, 3.05) is 13.7 Å². The molecule has 0 spiro atoms. The Morgan fingerprint density at radius 1 is 1.29 bits per heavy atom. The molecule has 1 rings (SSSR count). The van der Waals surface area contributed by atoms with E-state index in [0.717, 1.165) is 17.9 Å². The molecule has 17 heavy (non-hydrogen) atoms. The predicted molar refractivity (Wildman–Crippen MR) is 70.4 cm³/mol. The number of carbonyl (C=O) groups is 1. The summed E-state index contributed by atoms with van der Waals surface area (Å²) >= 11 is 0. The first-order chi connectivity index (χ1) is 8.13. The molecule has 1 aliphatic rings. The molecule has 0 saturated carbocycles. The van der Waals surface area contributed by atoms with Crippen LogP contribution in [-0.2, 0) is 9.53 Å². The van der Waals surface area contributed by atoms with Crippen LogP contribution in [0.2, 0.25) is 0 Å². The van der Waals surface area contributed by atoms with Gasteiger partial charge in [0.2, 0.25) is 0 Å². The summed E-state index contributed by atoms with van der Waals surface area (Å²) in [5.41, 5.74) is 0. The predicted octanol–water partition coefficient (Wildman–Crippen LogP) is 2.47. The van der Waals surface area contributed by atoms with Crippen molar-refractivity contribution in [3.8, 4) is 0 Å². The van der Waals surface area contributed by atoms with Gasteiger partial charge in [-0.15, -0.1) is 0 Å². The van der Waals surface area contributed by atoms with Gasteiger partial charge in [-0.3, -0.25) is 9.80 Å². The maximum absolute atomic E-state index is 11.0. The van der Waals surface area contributed by atoms with Gasteiger partial charge in [-0.1, -0.05) is 46.0 Å². The lowest BCUT2D eigenvalue weighted by Gasteiger charge is -2.14. The second-order valence-corrected chi connectivity index (χ2v) is 4.51. The van der Waals surface area contributed by atoms with Gasteiger partial charge in [-0.2, -0.15) is 0 Å². The monoisotopic (exact) mass is 244 g/mol. The zero-order valence-electron chi connectivity index (χ0n) is 11.6. The Morgan fingerprint density at radius 2 is 1.88 bits per heavy atom. The minimum Gasteiger partial charge on any atom is -0.368 e. The Labute approximate surface area is 105 Å². The zero-order chi connectivity index (χ0) is 13.1. The van der Waals surface area contributed by atoms with Crippen LogP contribution in [0.25, 0.3) is 0 Å². The van der Waals surface area contributed by atoms with Gasteiger partial charge in [0.25, 0.3) is 5.91 Å². The summed E-state index contributed by atoms with van der Waals surface area (Å²) < 4.78 is 5.10. The highest BCUT2D eigenvalue weighted by Gasteiger charge is 2.24. The van der Waals surface area contributed by atoms with E-state index in [-0.39, 0.29) is 12.0 Å². The zero-order valence-corrected chi connectivity index (χ0v) is 11.6. The summed E-state index contributed by atoms with van der Waals surface area (Å²) in [4.78, 5) is 11.0. The quantitative estimate of drug-likeness (QED) is 0.350. The number of rotatable bonds is 5. The van der Waals surface area contributed by atoms with Gasteiger partial charge in [0, 0.05) is 13.7 Å². The number of likely N-dealkylation sites (N-methyl/N-ethyl adjacent to an activating group) is 1. The summed E-state index contributed by atoms with van der Waals surface area (Å²) in [6.07, 6.45) is 8.49. The molecule has 1 saturated heterocycles. The first kappa shape index (κ1) is 16.4. The molecule has 1 fully saturated rings. The number of amides is 1. The second-order valence-electron chi connectivity index (χ2n) is 4.51. The highest BCUT2D eigenvalue weighted by molar-refractivity contribution is 5.80. The number of nitrogens with two attached hydrogens (primary N) is 1. The first-order valence-corrected chi connectivity index (χ1v) is 6.77. The van der Waals surface area contributed by atoms with E-state index in [4.69, 9.17) is 10.6 Å². The lowest BCUT2D eigenvalue weighted by Crippen LogP contribution is -2.40. The lowest BCUT2D eigenvalue weighted by molar-refractivity contribution is -0.139. The van der Waals surface area contributed by atoms with Crippen molar-refractivity contribution in [3.63, 3.8) is 0 Å². The minimum atomic E-state index is -0.282. The van der Waals surface area contributed by atoms with E-state index >= 15 is 0 Å². The standard InChI is InChI=1S/C7H16.C6H12N2O2/c1-3-5-7-6-4-2;1-8(7)6(9)5-3-2-4-10-5/h3-7H2,1-2H3;5H,2-4,7H2,1H3/t;5-/m.1/s1. The Balaban J connectivity index is 0.000000325. The Morgan fingerprint density at radius 3 is 2.24 bits per heavy atom. The van der Waals surface area contributed by atoms with Gasteiger partial charge in [0.15, 0.2) is 0 Å². The Hall–Kier alpha value is -0.610. The summed E-state index contributed by atoms with van der Waals surface area (Å²) in [6, 6.07) is 0. The third-order valence-electron chi connectivity index (χ3n) is 2.76. The Bertz CT molecular complexity index is 186. The summed E-state index contributed by atoms with van der Waals surface area (Å²) in [6.45, 7) is 5.18. The van der Waals surface area contributed by atoms with Crippen molar-refractivity contribution in [1.29, 1.82) is 0 Å². The van der Waals surface area contributed by atoms with E-state index in [1.165, 1.54) is 39.2 Å². The number of hydrazine groups is 1. The highest BCUT2D eigenvalue weighted by atomic mass is 16.5. The van der Waals surface area contributed by atoms with Crippen LogP contribution in [0.5, 0.6) is 0 Å². The summed E-state index contributed by atoms with van der Waals surface area (Å²) in [7, 11) is 1.53. The smallest absolute Gasteiger partial charge is 0.265 e. The van der Waals surface area contributed by atoms with E-state index < -0.39 is 0 Å². The molecular weight excluding hydrogens is 216 g/mol. The van der Waals surface area contributed by atoms with Crippen LogP contribution in [0.3, 0.4) is 0 Å². The van der Waals surface area contributed by atoms with Crippen molar-refractivity contribution in [2.45, 2.75) is 64.9 Å².